The second kappa shape index (κ2) is 12.1. The molecule has 1 saturated heterocycles. The Morgan fingerprint density at radius 2 is 1.61 bits per heavy atom. The zero-order valence-corrected chi connectivity index (χ0v) is 24.1. The Balaban J connectivity index is 1.11. The lowest BCUT2D eigenvalue weighted by molar-refractivity contribution is -0.121. The van der Waals surface area contributed by atoms with Gasteiger partial charge >= 0.3 is 0 Å². The van der Waals surface area contributed by atoms with Crippen LogP contribution in [0.25, 0.3) is 11.4 Å². The number of aromatic nitrogens is 2. The minimum Gasteiger partial charge on any atom is -0.338 e. The SMILES string of the molecule is Cc1cccc(-c2noc(CN3CCC(C(=O)Nc4cccc(NC(=O)c5ccc(C(C)(C)C)cc5)c4)CC3)n2)c1. The third-order valence-electron chi connectivity index (χ3n) is 7.46. The molecule has 2 heterocycles. The molecule has 0 unspecified atom stereocenters. The molecule has 8 nitrogen and oxygen atoms in total. The van der Waals surface area contributed by atoms with Gasteiger partial charge in [0, 0.05) is 28.4 Å². The minimum atomic E-state index is -0.187. The standard InChI is InChI=1S/C33H37N5O3/c1-22-7-5-8-25(19-22)30-36-29(41-37-30)21-38-17-15-24(16-18-38)32(40)35-28-10-6-9-27(20-28)34-31(39)23-11-13-26(14-12-23)33(2,3)4/h5-14,19-20,24H,15-18,21H2,1-4H3,(H,34,39)(H,35,40). The van der Waals surface area contributed by atoms with Crippen molar-refractivity contribution in [2.24, 2.45) is 5.92 Å². The van der Waals surface area contributed by atoms with Crippen molar-refractivity contribution in [3.63, 3.8) is 0 Å². The van der Waals surface area contributed by atoms with Crippen molar-refractivity contribution in [2.45, 2.75) is 52.5 Å². The van der Waals surface area contributed by atoms with Gasteiger partial charge in [-0.05, 0) is 80.2 Å². The Bertz CT molecular complexity index is 1510. The quantitative estimate of drug-likeness (QED) is 0.274. The van der Waals surface area contributed by atoms with Crippen molar-refractivity contribution in [2.75, 3.05) is 23.7 Å². The molecule has 0 aliphatic carbocycles. The molecule has 2 amide bonds. The van der Waals surface area contributed by atoms with E-state index >= 15 is 0 Å². The predicted molar refractivity (Wildman–Crippen MR) is 161 cm³/mol. The molecule has 3 aromatic carbocycles. The van der Waals surface area contributed by atoms with Gasteiger partial charge in [-0.2, -0.15) is 4.98 Å². The maximum atomic E-state index is 13.0. The number of rotatable bonds is 7. The van der Waals surface area contributed by atoms with Crippen LogP contribution in [0.15, 0.2) is 77.3 Å². The highest BCUT2D eigenvalue weighted by molar-refractivity contribution is 6.04. The highest BCUT2D eigenvalue weighted by atomic mass is 16.5. The van der Waals surface area contributed by atoms with Gasteiger partial charge in [-0.25, -0.2) is 0 Å². The summed E-state index contributed by atoms with van der Waals surface area (Å²) in [7, 11) is 0. The van der Waals surface area contributed by atoms with Crippen LogP contribution < -0.4 is 10.6 Å². The van der Waals surface area contributed by atoms with E-state index < -0.39 is 0 Å². The van der Waals surface area contributed by atoms with Crippen molar-refractivity contribution in [3.05, 3.63) is 95.4 Å². The topological polar surface area (TPSA) is 100 Å². The summed E-state index contributed by atoms with van der Waals surface area (Å²) in [4.78, 5) is 32.6. The second-order valence-electron chi connectivity index (χ2n) is 11.8. The van der Waals surface area contributed by atoms with Crippen molar-refractivity contribution in [1.82, 2.24) is 15.0 Å². The fraction of sp³-hybridized carbons (Fsp3) is 0.333. The van der Waals surface area contributed by atoms with E-state index in [0.717, 1.165) is 37.1 Å². The van der Waals surface area contributed by atoms with Gasteiger partial charge in [-0.3, -0.25) is 14.5 Å². The Hall–Kier alpha value is -4.30. The lowest BCUT2D eigenvalue weighted by Gasteiger charge is -2.30. The number of hydrogen-bond acceptors (Lipinski definition) is 6. The number of benzene rings is 3. The van der Waals surface area contributed by atoms with Gasteiger partial charge in [0.25, 0.3) is 5.91 Å². The molecule has 8 heteroatoms. The normalized spacial score (nSPS) is 14.5. The third-order valence-corrected chi connectivity index (χ3v) is 7.46. The van der Waals surface area contributed by atoms with Crippen molar-refractivity contribution in [3.8, 4) is 11.4 Å². The molecule has 0 saturated carbocycles. The molecule has 0 bridgehead atoms. The van der Waals surface area contributed by atoms with Crippen LogP contribution in [-0.4, -0.2) is 39.9 Å². The van der Waals surface area contributed by atoms with Crippen LogP contribution in [0.4, 0.5) is 11.4 Å². The number of anilines is 2. The van der Waals surface area contributed by atoms with Gasteiger partial charge in [0.1, 0.15) is 0 Å². The number of piperidine rings is 1. The molecule has 0 radical (unpaired) electrons. The largest absolute Gasteiger partial charge is 0.338 e. The van der Waals surface area contributed by atoms with Crippen LogP contribution >= 0.6 is 0 Å². The summed E-state index contributed by atoms with van der Waals surface area (Å²) in [6.45, 7) is 10.6. The predicted octanol–water partition coefficient (Wildman–Crippen LogP) is 6.45. The summed E-state index contributed by atoms with van der Waals surface area (Å²) < 4.78 is 5.49. The molecular formula is C33H37N5O3. The van der Waals surface area contributed by atoms with E-state index in [-0.39, 0.29) is 23.1 Å². The molecule has 2 N–H and O–H groups in total. The van der Waals surface area contributed by atoms with E-state index in [1.807, 2.05) is 73.7 Å². The molecule has 1 aromatic heterocycles. The fourth-order valence-electron chi connectivity index (χ4n) is 5.01. The molecule has 1 fully saturated rings. The van der Waals surface area contributed by atoms with Gasteiger partial charge in [0.15, 0.2) is 0 Å². The molecule has 0 atom stereocenters. The number of nitrogens with one attached hydrogen (secondary N) is 2. The zero-order chi connectivity index (χ0) is 29.0. The first-order valence-corrected chi connectivity index (χ1v) is 14.1. The van der Waals surface area contributed by atoms with E-state index in [0.29, 0.717) is 35.2 Å². The molecule has 0 spiro atoms. The number of carbonyl (C=O) groups excluding carboxylic acids is 2. The summed E-state index contributed by atoms with van der Waals surface area (Å²) >= 11 is 0. The Labute approximate surface area is 241 Å². The number of amides is 2. The molecule has 1 aliphatic heterocycles. The second-order valence-corrected chi connectivity index (χ2v) is 11.8. The van der Waals surface area contributed by atoms with Crippen molar-refractivity contribution >= 4 is 23.2 Å². The van der Waals surface area contributed by atoms with Crippen LogP contribution in [0.1, 0.15) is 61.0 Å². The Morgan fingerprint density at radius 3 is 2.29 bits per heavy atom. The van der Waals surface area contributed by atoms with Gasteiger partial charge in [0.2, 0.25) is 17.6 Å². The number of carbonyl (C=O) groups is 2. The average Bonchev–Trinajstić information content (AvgIpc) is 3.42. The van der Waals surface area contributed by atoms with Crippen LogP contribution in [0.3, 0.4) is 0 Å². The first-order valence-electron chi connectivity index (χ1n) is 14.1. The van der Waals surface area contributed by atoms with E-state index in [1.54, 1.807) is 6.07 Å². The van der Waals surface area contributed by atoms with Gasteiger partial charge in [-0.1, -0.05) is 67.9 Å². The molecular weight excluding hydrogens is 514 g/mol. The number of aryl methyl sites for hydroxylation is 1. The van der Waals surface area contributed by atoms with E-state index in [9.17, 15) is 9.59 Å². The summed E-state index contributed by atoms with van der Waals surface area (Å²) in [5.74, 6) is 0.888. The minimum absolute atomic E-state index is 0.00887. The lowest BCUT2D eigenvalue weighted by Crippen LogP contribution is -2.37. The van der Waals surface area contributed by atoms with Crippen LogP contribution in [0, 0.1) is 12.8 Å². The Kier molecular flexibility index (Phi) is 8.31. The molecule has 4 aromatic rings. The number of hydrogen-bond donors (Lipinski definition) is 2. The van der Waals surface area contributed by atoms with Gasteiger partial charge < -0.3 is 15.2 Å². The maximum Gasteiger partial charge on any atom is 0.255 e. The molecule has 5 rings (SSSR count). The summed E-state index contributed by atoms with van der Waals surface area (Å²) in [5, 5.41) is 10.1. The smallest absolute Gasteiger partial charge is 0.255 e. The summed E-state index contributed by atoms with van der Waals surface area (Å²) in [5.41, 5.74) is 5.16. The van der Waals surface area contributed by atoms with Crippen LogP contribution in [-0.2, 0) is 16.8 Å². The summed E-state index contributed by atoms with van der Waals surface area (Å²) in [6, 6.07) is 23.0. The van der Waals surface area contributed by atoms with E-state index in [4.69, 9.17) is 4.52 Å². The number of nitrogens with zero attached hydrogens (tertiary/aromatic N) is 3. The van der Waals surface area contributed by atoms with Crippen molar-refractivity contribution in [1.29, 1.82) is 0 Å². The van der Waals surface area contributed by atoms with E-state index in [2.05, 4.69) is 46.4 Å². The Morgan fingerprint density at radius 1 is 0.927 bits per heavy atom. The van der Waals surface area contributed by atoms with Gasteiger partial charge in [0.05, 0.1) is 6.54 Å². The van der Waals surface area contributed by atoms with E-state index in [1.165, 1.54) is 5.56 Å². The fourth-order valence-corrected chi connectivity index (χ4v) is 5.01. The van der Waals surface area contributed by atoms with Crippen molar-refractivity contribution < 1.29 is 14.1 Å². The van der Waals surface area contributed by atoms with Crippen LogP contribution in [0.2, 0.25) is 0 Å². The summed E-state index contributed by atoms with van der Waals surface area (Å²) in [6.07, 6.45) is 1.48. The highest BCUT2D eigenvalue weighted by Gasteiger charge is 2.26. The number of likely N-dealkylation sites (tertiary alicyclic amines) is 1. The molecule has 1 aliphatic rings. The van der Waals surface area contributed by atoms with Crippen LogP contribution in [0.5, 0.6) is 0 Å². The zero-order valence-electron chi connectivity index (χ0n) is 24.1. The average molecular weight is 552 g/mol. The first-order chi connectivity index (χ1) is 19.6. The maximum absolute atomic E-state index is 13.0. The lowest BCUT2D eigenvalue weighted by atomic mass is 9.87. The molecule has 212 valence electrons. The first kappa shape index (κ1) is 28.2. The monoisotopic (exact) mass is 551 g/mol. The molecule has 41 heavy (non-hydrogen) atoms. The highest BCUT2D eigenvalue weighted by Crippen LogP contribution is 2.25. The van der Waals surface area contributed by atoms with Gasteiger partial charge in [-0.15, -0.1) is 0 Å². The third kappa shape index (κ3) is 7.27.